The van der Waals surface area contributed by atoms with Gasteiger partial charge < -0.3 is 9.47 Å². The number of halogens is 11. The Hall–Kier alpha value is -0.850. The SMILES string of the molecule is FC(F)(F)C(F)(F)C(F)(F)C(F)(F)C(F)(F)CCCCCCCCCCCCCOCC1CCCO1. The lowest BCUT2D eigenvalue weighted by Crippen LogP contribution is -2.66. The van der Waals surface area contributed by atoms with Gasteiger partial charge in [0.15, 0.2) is 0 Å². The van der Waals surface area contributed by atoms with Crippen molar-refractivity contribution in [3.63, 3.8) is 0 Å². The minimum Gasteiger partial charge on any atom is -0.379 e. The second-order valence-corrected chi connectivity index (χ2v) is 9.27. The fourth-order valence-electron chi connectivity index (χ4n) is 3.89. The van der Waals surface area contributed by atoms with Crippen molar-refractivity contribution < 1.29 is 57.8 Å². The van der Waals surface area contributed by atoms with E-state index in [4.69, 9.17) is 9.47 Å². The van der Waals surface area contributed by atoms with Crippen LogP contribution in [0, 0.1) is 0 Å². The van der Waals surface area contributed by atoms with Gasteiger partial charge >= 0.3 is 29.9 Å². The molecule has 1 aliphatic rings. The molecule has 0 bridgehead atoms. The molecule has 0 amide bonds. The number of ether oxygens (including phenoxy) is 2. The van der Waals surface area contributed by atoms with Crippen LogP contribution in [0.2, 0.25) is 0 Å². The summed E-state index contributed by atoms with van der Waals surface area (Å²) in [6, 6.07) is 0. The number of rotatable bonds is 19. The lowest BCUT2D eigenvalue weighted by molar-refractivity contribution is -0.422. The summed E-state index contributed by atoms with van der Waals surface area (Å²) in [5.74, 6) is -27.2. The highest BCUT2D eigenvalue weighted by molar-refractivity contribution is 5.06. The molecule has 36 heavy (non-hydrogen) atoms. The third kappa shape index (κ3) is 9.16. The van der Waals surface area contributed by atoms with Crippen LogP contribution in [-0.2, 0) is 9.47 Å². The van der Waals surface area contributed by atoms with E-state index in [-0.39, 0.29) is 12.5 Å². The molecule has 0 aliphatic carbocycles. The summed E-state index contributed by atoms with van der Waals surface area (Å²) in [6.07, 6.45) is -0.0538. The maximum absolute atomic E-state index is 13.6. The molecule has 0 aromatic rings. The standard InChI is InChI=1S/C23H35F11O2/c24-19(25,20(26,27)21(28,29)22(30,31)23(32,33)34)14-10-8-6-4-2-1-3-5-7-9-11-15-35-17-18-13-12-16-36-18/h18H,1-17H2. The fourth-order valence-corrected chi connectivity index (χ4v) is 3.89. The summed E-state index contributed by atoms with van der Waals surface area (Å²) in [7, 11) is 0. The first-order chi connectivity index (χ1) is 16.6. The summed E-state index contributed by atoms with van der Waals surface area (Å²) < 4.78 is 153. The van der Waals surface area contributed by atoms with Gasteiger partial charge in [-0.2, -0.15) is 48.3 Å². The van der Waals surface area contributed by atoms with E-state index in [1.165, 1.54) is 0 Å². The van der Waals surface area contributed by atoms with Crippen molar-refractivity contribution in [3.8, 4) is 0 Å². The number of hydrogen-bond donors (Lipinski definition) is 0. The Bertz CT molecular complexity index is 603. The lowest BCUT2D eigenvalue weighted by Gasteiger charge is -2.37. The van der Waals surface area contributed by atoms with Crippen molar-refractivity contribution in [2.45, 2.75) is 126 Å². The Kier molecular flexibility index (Phi) is 13.2. The van der Waals surface area contributed by atoms with E-state index in [0.29, 0.717) is 26.1 Å². The maximum atomic E-state index is 13.6. The molecular weight excluding hydrogens is 517 g/mol. The predicted molar refractivity (Wildman–Crippen MR) is 111 cm³/mol. The molecule has 13 heteroatoms. The Balaban J connectivity index is 2.11. The first-order valence-corrected chi connectivity index (χ1v) is 12.4. The minimum absolute atomic E-state index is 0.0706. The molecule has 1 saturated heterocycles. The van der Waals surface area contributed by atoms with E-state index in [1.54, 1.807) is 0 Å². The lowest BCUT2D eigenvalue weighted by atomic mass is 9.94. The van der Waals surface area contributed by atoms with Gasteiger partial charge in [0.1, 0.15) is 0 Å². The Morgan fingerprint density at radius 2 is 1.06 bits per heavy atom. The molecule has 0 radical (unpaired) electrons. The van der Waals surface area contributed by atoms with Gasteiger partial charge in [0.2, 0.25) is 0 Å². The van der Waals surface area contributed by atoms with E-state index in [2.05, 4.69) is 0 Å². The molecule has 1 rings (SSSR count). The molecular formula is C23H35F11O2. The van der Waals surface area contributed by atoms with Crippen molar-refractivity contribution >= 4 is 0 Å². The average molecular weight is 553 g/mol. The van der Waals surface area contributed by atoms with Crippen LogP contribution in [0.3, 0.4) is 0 Å². The van der Waals surface area contributed by atoms with E-state index in [9.17, 15) is 48.3 Å². The molecule has 0 aromatic carbocycles. The van der Waals surface area contributed by atoms with Crippen LogP contribution in [0.1, 0.15) is 89.9 Å². The largest absolute Gasteiger partial charge is 0.460 e. The summed E-state index contributed by atoms with van der Waals surface area (Å²) in [4.78, 5) is 0. The number of alkyl halides is 11. The highest BCUT2D eigenvalue weighted by Gasteiger charge is 2.86. The highest BCUT2D eigenvalue weighted by atomic mass is 19.4. The zero-order valence-electron chi connectivity index (χ0n) is 20.1. The van der Waals surface area contributed by atoms with Gasteiger partial charge in [-0.15, -0.1) is 0 Å². The first-order valence-electron chi connectivity index (χ1n) is 12.4. The van der Waals surface area contributed by atoms with Crippen LogP contribution < -0.4 is 0 Å². The van der Waals surface area contributed by atoms with E-state index < -0.39 is 42.7 Å². The van der Waals surface area contributed by atoms with Crippen molar-refractivity contribution in [3.05, 3.63) is 0 Å². The topological polar surface area (TPSA) is 18.5 Å². The summed E-state index contributed by atoms with van der Waals surface area (Å²) >= 11 is 0. The van der Waals surface area contributed by atoms with Crippen LogP contribution >= 0.6 is 0 Å². The number of hydrogen-bond acceptors (Lipinski definition) is 2. The van der Waals surface area contributed by atoms with E-state index in [1.807, 2.05) is 0 Å². The molecule has 0 saturated carbocycles. The maximum Gasteiger partial charge on any atom is 0.460 e. The van der Waals surface area contributed by atoms with Gasteiger partial charge in [0, 0.05) is 19.6 Å². The fraction of sp³-hybridized carbons (Fsp3) is 1.00. The molecule has 0 spiro atoms. The highest BCUT2D eigenvalue weighted by Crippen LogP contribution is 2.58. The van der Waals surface area contributed by atoms with Gasteiger partial charge in [-0.05, 0) is 25.7 Å². The predicted octanol–water partition coefficient (Wildman–Crippen LogP) is 8.97. The van der Waals surface area contributed by atoms with Gasteiger partial charge in [0.25, 0.3) is 0 Å². The third-order valence-corrected chi connectivity index (χ3v) is 6.21. The molecule has 0 aromatic heterocycles. The number of unbranched alkanes of at least 4 members (excludes halogenated alkanes) is 10. The van der Waals surface area contributed by atoms with Crippen molar-refractivity contribution in [1.29, 1.82) is 0 Å². The molecule has 2 nitrogen and oxygen atoms in total. The van der Waals surface area contributed by atoms with Gasteiger partial charge in [0.05, 0.1) is 12.7 Å². The van der Waals surface area contributed by atoms with E-state index in [0.717, 1.165) is 64.4 Å². The first kappa shape index (κ1) is 33.2. The normalized spacial score (nSPS) is 18.2. The molecule has 1 atom stereocenters. The Labute approximate surface area is 204 Å². The zero-order valence-corrected chi connectivity index (χ0v) is 20.1. The quantitative estimate of drug-likeness (QED) is 0.118. The summed E-state index contributed by atoms with van der Waals surface area (Å²) in [5.41, 5.74) is 0. The smallest absolute Gasteiger partial charge is 0.379 e. The monoisotopic (exact) mass is 552 g/mol. The van der Waals surface area contributed by atoms with Crippen molar-refractivity contribution in [2.75, 3.05) is 19.8 Å². The second-order valence-electron chi connectivity index (χ2n) is 9.27. The van der Waals surface area contributed by atoms with E-state index >= 15 is 0 Å². The Morgan fingerprint density at radius 1 is 0.583 bits per heavy atom. The molecule has 0 N–H and O–H groups in total. The van der Waals surface area contributed by atoms with Crippen LogP contribution in [0.25, 0.3) is 0 Å². The van der Waals surface area contributed by atoms with Crippen LogP contribution in [0.15, 0.2) is 0 Å². The van der Waals surface area contributed by atoms with Crippen LogP contribution in [0.4, 0.5) is 48.3 Å². The molecule has 1 fully saturated rings. The Morgan fingerprint density at radius 3 is 1.50 bits per heavy atom. The van der Waals surface area contributed by atoms with Gasteiger partial charge in [-0.3, -0.25) is 0 Å². The third-order valence-electron chi connectivity index (χ3n) is 6.21. The van der Waals surface area contributed by atoms with Crippen molar-refractivity contribution in [2.24, 2.45) is 0 Å². The van der Waals surface area contributed by atoms with Crippen LogP contribution in [-0.4, -0.2) is 55.8 Å². The summed E-state index contributed by atoms with van der Waals surface area (Å²) in [6.45, 7) is 2.11. The molecule has 216 valence electrons. The molecule has 1 aliphatic heterocycles. The van der Waals surface area contributed by atoms with Crippen LogP contribution in [0.5, 0.6) is 0 Å². The second kappa shape index (κ2) is 14.3. The van der Waals surface area contributed by atoms with Gasteiger partial charge in [-0.25, -0.2) is 0 Å². The minimum atomic E-state index is -7.31. The average Bonchev–Trinajstić information content (AvgIpc) is 3.28. The molecule has 1 heterocycles. The molecule has 1 unspecified atom stereocenters. The van der Waals surface area contributed by atoms with Gasteiger partial charge in [-0.1, -0.05) is 57.8 Å². The summed E-state index contributed by atoms with van der Waals surface area (Å²) in [5, 5.41) is 0. The zero-order chi connectivity index (χ0) is 27.5. The van der Waals surface area contributed by atoms with Crippen molar-refractivity contribution in [1.82, 2.24) is 0 Å².